The molecule has 7 rings (SSSR count). The summed E-state index contributed by atoms with van der Waals surface area (Å²) in [6.07, 6.45) is 7.36. The molecule has 2 N–H and O–H groups in total. The minimum Gasteiger partial charge on any atom is -0.381 e. The van der Waals surface area contributed by atoms with Crippen LogP contribution in [-0.4, -0.2) is 97.8 Å². The van der Waals surface area contributed by atoms with E-state index in [0.717, 1.165) is 130 Å². The van der Waals surface area contributed by atoms with E-state index in [4.69, 9.17) is 9.72 Å². The van der Waals surface area contributed by atoms with Crippen molar-refractivity contribution in [2.45, 2.75) is 72.0 Å². The summed E-state index contributed by atoms with van der Waals surface area (Å²) in [4.78, 5) is 45.1. The maximum absolute atomic E-state index is 14.2. The van der Waals surface area contributed by atoms with Gasteiger partial charge in [0.2, 0.25) is 0 Å². The molecule has 3 aromatic rings. The van der Waals surface area contributed by atoms with Crippen LogP contribution in [0.2, 0.25) is 0 Å². The van der Waals surface area contributed by atoms with Gasteiger partial charge in [0, 0.05) is 112 Å². The van der Waals surface area contributed by atoms with Crippen molar-refractivity contribution in [3.05, 3.63) is 74.3 Å². The van der Waals surface area contributed by atoms with Gasteiger partial charge in [-0.25, -0.2) is 4.98 Å². The molecule has 0 spiro atoms. The SMILES string of the molecule is CCN(c1cc(-c2ccc(N3CCN(C)CC3)nc2)cc(C(=O)NCc2c3c(c(C)[nH]c2=O)CN(CC2CC2)CC3)c1C)C1CCOCC1. The van der Waals surface area contributed by atoms with Crippen molar-refractivity contribution in [2.24, 2.45) is 5.92 Å². The Balaban J connectivity index is 1.18. The third-order valence-electron chi connectivity index (χ3n) is 11.3. The lowest BCUT2D eigenvalue weighted by Gasteiger charge is -2.37. The summed E-state index contributed by atoms with van der Waals surface area (Å²) < 4.78 is 5.70. The van der Waals surface area contributed by atoms with E-state index in [0.29, 0.717) is 17.2 Å². The molecule has 0 unspecified atom stereocenters. The first-order valence-corrected chi connectivity index (χ1v) is 18.4. The molecule has 1 amide bonds. The number of pyridine rings is 2. The maximum atomic E-state index is 14.2. The molecule has 0 atom stereocenters. The third kappa shape index (κ3) is 7.42. The van der Waals surface area contributed by atoms with Gasteiger partial charge in [-0.05, 0) is 112 Å². The van der Waals surface area contributed by atoms with E-state index in [1.807, 2.05) is 19.2 Å². The molecule has 1 aliphatic carbocycles. The number of benzene rings is 1. The normalized spacial score (nSPS) is 19.1. The highest BCUT2D eigenvalue weighted by molar-refractivity contribution is 5.99. The second-order valence-electron chi connectivity index (χ2n) is 14.6. The molecule has 262 valence electrons. The highest BCUT2D eigenvalue weighted by Gasteiger charge is 2.29. The van der Waals surface area contributed by atoms with E-state index in [9.17, 15) is 9.59 Å². The summed E-state index contributed by atoms with van der Waals surface area (Å²) in [6.45, 7) is 15.7. The van der Waals surface area contributed by atoms with Crippen LogP contribution in [0.3, 0.4) is 0 Å². The Morgan fingerprint density at radius 2 is 1.80 bits per heavy atom. The summed E-state index contributed by atoms with van der Waals surface area (Å²) in [5.41, 5.74) is 8.48. The molecule has 4 aliphatic rings. The van der Waals surface area contributed by atoms with Crippen LogP contribution < -0.4 is 20.7 Å². The average molecular weight is 668 g/mol. The zero-order chi connectivity index (χ0) is 34.1. The quantitative estimate of drug-likeness (QED) is 0.326. The number of ether oxygens (including phenoxy) is 1. The number of nitrogens with one attached hydrogen (secondary N) is 2. The zero-order valence-electron chi connectivity index (χ0n) is 29.8. The Hall–Kier alpha value is -3.73. The van der Waals surface area contributed by atoms with Crippen molar-refractivity contribution in [3.63, 3.8) is 0 Å². The number of carbonyl (C=O) groups excluding carboxylic acids is 1. The number of hydrogen-bond donors (Lipinski definition) is 2. The van der Waals surface area contributed by atoms with E-state index < -0.39 is 0 Å². The van der Waals surface area contributed by atoms with Gasteiger partial charge in [0.15, 0.2) is 0 Å². The second-order valence-corrected chi connectivity index (χ2v) is 14.6. The molecule has 3 aliphatic heterocycles. The van der Waals surface area contributed by atoms with E-state index >= 15 is 0 Å². The van der Waals surface area contributed by atoms with E-state index in [1.165, 1.54) is 18.4 Å². The van der Waals surface area contributed by atoms with Gasteiger partial charge in [0.1, 0.15) is 5.82 Å². The highest BCUT2D eigenvalue weighted by atomic mass is 16.5. The Bertz CT molecular complexity index is 1700. The summed E-state index contributed by atoms with van der Waals surface area (Å²) >= 11 is 0. The predicted molar refractivity (Wildman–Crippen MR) is 196 cm³/mol. The zero-order valence-corrected chi connectivity index (χ0v) is 29.8. The van der Waals surface area contributed by atoms with Gasteiger partial charge in [-0.3, -0.25) is 14.5 Å². The molecule has 0 bridgehead atoms. The maximum Gasteiger partial charge on any atom is 0.253 e. The molecule has 1 saturated carbocycles. The largest absolute Gasteiger partial charge is 0.381 e. The van der Waals surface area contributed by atoms with Crippen molar-refractivity contribution in [2.75, 3.05) is 75.9 Å². The van der Waals surface area contributed by atoms with Crippen LogP contribution in [-0.2, 0) is 24.2 Å². The topological polar surface area (TPSA) is 97.0 Å². The predicted octanol–water partition coefficient (Wildman–Crippen LogP) is 4.51. The Labute approximate surface area is 290 Å². The Morgan fingerprint density at radius 3 is 2.49 bits per heavy atom. The van der Waals surface area contributed by atoms with Crippen LogP contribution in [0.1, 0.15) is 70.9 Å². The number of aromatic nitrogens is 2. The summed E-state index contributed by atoms with van der Waals surface area (Å²) in [6, 6.07) is 8.81. The lowest BCUT2D eigenvalue weighted by molar-refractivity contribution is 0.0846. The van der Waals surface area contributed by atoms with Crippen molar-refractivity contribution in [1.82, 2.24) is 25.1 Å². The summed E-state index contributed by atoms with van der Waals surface area (Å²) in [5, 5.41) is 3.18. The molecule has 10 nitrogen and oxygen atoms in total. The molecule has 3 fully saturated rings. The van der Waals surface area contributed by atoms with Crippen molar-refractivity contribution < 1.29 is 9.53 Å². The van der Waals surface area contributed by atoms with Gasteiger partial charge in [-0.2, -0.15) is 0 Å². The fourth-order valence-electron chi connectivity index (χ4n) is 8.03. The first-order valence-electron chi connectivity index (χ1n) is 18.4. The molecule has 1 aromatic carbocycles. The number of hydrogen-bond acceptors (Lipinski definition) is 8. The van der Waals surface area contributed by atoms with Crippen molar-refractivity contribution >= 4 is 17.4 Å². The van der Waals surface area contributed by atoms with Gasteiger partial charge in [0.05, 0.1) is 0 Å². The molecular weight excluding hydrogens is 614 g/mol. The van der Waals surface area contributed by atoms with Crippen molar-refractivity contribution in [3.8, 4) is 11.1 Å². The van der Waals surface area contributed by atoms with Crippen LogP contribution in [0.4, 0.5) is 11.5 Å². The number of fused-ring (bicyclic) bond motifs is 1. The fourth-order valence-corrected chi connectivity index (χ4v) is 8.03. The van der Waals surface area contributed by atoms with E-state index in [-0.39, 0.29) is 18.0 Å². The molecule has 0 radical (unpaired) electrons. The van der Waals surface area contributed by atoms with Crippen LogP contribution in [0.5, 0.6) is 0 Å². The number of aromatic amines is 1. The minimum atomic E-state index is -0.162. The molecule has 49 heavy (non-hydrogen) atoms. The summed E-state index contributed by atoms with van der Waals surface area (Å²) in [7, 11) is 2.16. The van der Waals surface area contributed by atoms with Crippen LogP contribution in [0, 0.1) is 19.8 Å². The fraction of sp³-hybridized carbons (Fsp3) is 0.564. The number of H-pyrrole nitrogens is 1. The molecule has 2 saturated heterocycles. The van der Waals surface area contributed by atoms with Gasteiger partial charge < -0.3 is 29.7 Å². The summed E-state index contributed by atoms with van der Waals surface area (Å²) in [5.74, 6) is 1.65. The van der Waals surface area contributed by atoms with Gasteiger partial charge in [-0.1, -0.05) is 0 Å². The Morgan fingerprint density at radius 1 is 1.02 bits per heavy atom. The molecule has 2 aromatic heterocycles. The lowest BCUT2D eigenvalue weighted by atomic mass is 9.93. The van der Waals surface area contributed by atoms with Gasteiger partial charge >= 0.3 is 0 Å². The molecular formula is C39H53N7O3. The first-order chi connectivity index (χ1) is 23.8. The van der Waals surface area contributed by atoms with Crippen LogP contribution in [0.25, 0.3) is 11.1 Å². The molecule has 10 heteroatoms. The minimum absolute atomic E-state index is 0.0958. The van der Waals surface area contributed by atoms with Crippen LogP contribution >= 0.6 is 0 Å². The first kappa shape index (κ1) is 33.8. The molecule has 5 heterocycles. The monoisotopic (exact) mass is 667 g/mol. The third-order valence-corrected chi connectivity index (χ3v) is 11.3. The number of anilines is 2. The smallest absolute Gasteiger partial charge is 0.253 e. The average Bonchev–Trinajstić information content (AvgIpc) is 3.94. The van der Waals surface area contributed by atoms with Crippen molar-refractivity contribution in [1.29, 1.82) is 0 Å². The Kier molecular flexibility index (Phi) is 10.1. The van der Waals surface area contributed by atoms with Gasteiger partial charge in [0.25, 0.3) is 11.5 Å². The second kappa shape index (κ2) is 14.6. The highest BCUT2D eigenvalue weighted by Crippen LogP contribution is 2.35. The van der Waals surface area contributed by atoms with Crippen LogP contribution in [0.15, 0.2) is 35.3 Å². The number of amides is 1. The van der Waals surface area contributed by atoms with E-state index in [2.05, 4.69) is 69.0 Å². The number of aryl methyl sites for hydroxylation is 1. The lowest BCUT2D eigenvalue weighted by Crippen LogP contribution is -2.44. The standard InChI is InChI=1S/C39H53N7O3/c1-5-46(31-11-18-49-19-12-31)36-21-30(29-8-9-37(40-22-29)45-16-14-43(4)15-17-45)20-33(26(36)2)38(47)41-23-34-32-10-13-44(24-28-6-7-28)25-35(32)27(3)42-39(34)48/h8-9,20-22,28,31H,5-7,10-19,23-25H2,1-4H3,(H,41,47)(H,42,48). The van der Waals surface area contributed by atoms with E-state index in [1.54, 1.807) is 0 Å². The number of likely N-dealkylation sites (N-methyl/N-ethyl adjacent to an activating group) is 1. The number of nitrogens with zero attached hydrogens (tertiary/aromatic N) is 5. The number of carbonyl (C=O) groups is 1. The number of piperazine rings is 1. The van der Waals surface area contributed by atoms with Gasteiger partial charge in [-0.15, -0.1) is 0 Å². The number of rotatable bonds is 10.